The summed E-state index contributed by atoms with van der Waals surface area (Å²) in [6, 6.07) is 10.9. The predicted octanol–water partition coefficient (Wildman–Crippen LogP) is 3.15. The van der Waals surface area contributed by atoms with Crippen molar-refractivity contribution in [2.75, 3.05) is 11.4 Å². The van der Waals surface area contributed by atoms with E-state index in [4.69, 9.17) is 5.73 Å². The van der Waals surface area contributed by atoms with Gasteiger partial charge in [-0.15, -0.1) is 0 Å². The summed E-state index contributed by atoms with van der Waals surface area (Å²) in [5.41, 5.74) is 7.74. The lowest BCUT2D eigenvalue weighted by atomic mass is 10.0. The average molecular weight is 287 g/mol. The topological polar surface area (TPSA) is 41.6 Å². The van der Waals surface area contributed by atoms with E-state index in [0.717, 1.165) is 11.3 Å². The molecule has 2 aromatic carbocycles. The second kappa shape index (κ2) is 5.16. The molecular formula is C16H15F2N3. The molecule has 1 aliphatic rings. The van der Waals surface area contributed by atoms with Gasteiger partial charge in [-0.3, -0.25) is 4.99 Å². The molecule has 0 saturated heterocycles. The molecule has 1 atom stereocenters. The first-order valence-electron chi connectivity index (χ1n) is 6.67. The highest BCUT2D eigenvalue weighted by Gasteiger charge is 2.32. The van der Waals surface area contributed by atoms with Gasteiger partial charge in [0.1, 0.15) is 11.6 Å². The average Bonchev–Trinajstić information content (AvgIpc) is 2.80. The SMILES string of the molecule is Cc1cccc(N2C(N)=NCC2c2c(F)cccc2F)c1. The third kappa shape index (κ3) is 2.35. The molecule has 1 aliphatic heterocycles. The van der Waals surface area contributed by atoms with Gasteiger partial charge in [0.2, 0.25) is 0 Å². The minimum Gasteiger partial charge on any atom is -0.369 e. The molecule has 3 nitrogen and oxygen atoms in total. The summed E-state index contributed by atoms with van der Waals surface area (Å²) < 4.78 is 28.1. The van der Waals surface area contributed by atoms with Crippen LogP contribution in [-0.2, 0) is 0 Å². The van der Waals surface area contributed by atoms with Gasteiger partial charge < -0.3 is 10.6 Å². The van der Waals surface area contributed by atoms with E-state index in [1.165, 1.54) is 18.2 Å². The van der Waals surface area contributed by atoms with Crippen molar-refractivity contribution in [1.82, 2.24) is 0 Å². The molecule has 108 valence electrons. The van der Waals surface area contributed by atoms with Gasteiger partial charge in [0.25, 0.3) is 0 Å². The number of anilines is 1. The Kier molecular flexibility index (Phi) is 3.33. The van der Waals surface area contributed by atoms with Gasteiger partial charge in [0.05, 0.1) is 12.6 Å². The highest BCUT2D eigenvalue weighted by Crippen LogP contribution is 2.34. The maximum absolute atomic E-state index is 14.0. The number of aryl methyl sites for hydroxylation is 1. The lowest BCUT2D eigenvalue weighted by Crippen LogP contribution is -2.36. The van der Waals surface area contributed by atoms with Crippen molar-refractivity contribution in [2.24, 2.45) is 10.7 Å². The van der Waals surface area contributed by atoms with Gasteiger partial charge in [-0.05, 0) is 36.8 Å². The molecule has 0 aromatic heterocycles. The van der Waals surface area contributed by atoms with E-state index in [1.54, 1.807) is 4.90 Å². The molecule has 3 rings (SSSR count). The first-order valence-corrected chi connectivity index (χ1v) is 6.67. The number of guanidine groups is 1. The highest BCUT2D eigenvalue weighted by molar-refractivity contribution is 5.97. The molecule has 0 bridgehead atoms. The van der Waals surface area contributed by atoms with Crippen LogP contribution in [0.4, 0.5) is 14.5 Å². The summed E-state index contributed by atoms with van der Waals surface area (Å²) >= 11 is 0. The van der Waals surface area contributed by atoms with Crippen LogP contribution in [0, 0.1) is 18.6 Å². The van der Waals surface area contributed by atoms with Crippen molar-refractivity contribution in [2.45, 2.75) is 13.0 Å². The Hall–Kier alpha value is -2.43. The third-order valence-electron chi connectivity index (χ3n) is 3.60. The number of halogens is 2. The molecular weight excluding hydrogens is 272 g/mol. The number of aliphatic imine (C=N–C) groups is 1. The van der Waals surface area contributed by atoms with E-state index in [9.17, 15) is 8.78 Å². The number of nitrogens with two attached hydrogens (primary N) is 1. The van der Waals surface area contributed by atoms with Crippen molar-refractivity contribution in [3.05, 3.63) is 65.2 Å². The number of rotatable bonds is 2. The molecule has 1 heterocycles. The van der Waals surface area contributed by atoms with E-state index in [0.29, 0.717) is 0 Å². The molecule has 0 amide bonds. The zero-order valence-corrected chi connectivity index (χ0v) is 11.6. The zero-order chi connectivity index (χ0) is 15.0. The Morgan fingerprint density at radius 2 is 1.81 bits per heavy atom. The molecule has 5 heteroatoms. The summed E-state index contributed by atoms with van der Waals surface area (Å²) in [5, 5.41) is 0. The zero-order valence-electron chi connectivity index (χ0n) is 11.6. The highest BCUT2D eigenvalue weighted by atomic mass is 19.1. The fourth-order valence-electron chi connectivity index (χ4n) is 2.64. The van der Waals surface area contributed by atoms with Gasteiger partial charge in [-0.25, -0.2) is 8.78 Å². The molecule has 2 N–H and O–H groups in total. The van der Waals surface area contributed by atoms with Crippen molar-refractivity contribution in [3.8, 4) is 0 Å². The van der Waals surface area contributed by atoms with E-state index in [-0.39, 0.29) is 18.1 Å². The Bertz CT molecular complexity index is 692. The summed E-state index contributed by atoms with van der Waals surface area (Å²) in [5.74, 6) is -0.890. The molecule has 0 fully saturated rings. The lowest BCUT2D eigenvalue weighted by molar-refractivity contribution is 0.533. The summed E-state index contributed by atoms with van der Waals surface area (Å²) in [7, 11) is 0. The standard InChI is InChI=1S/C16H15F2N3/c1-10-4-2-5-11(8-10)21-14(9-20-16(21)19)15-12(17)6-3-7-13(15)18/h2-8,14H,9H2,1H3,(H2,19,20). The number of hydrogen-bond acceptors (Lipinski definition) is 3. The normalized spacial score (nSPS) is 18.0. The van der Waals surface area contributed by atoms with E-state index < -0.39 is 17.7 Å². The van der Waals surface area contributed by atoms with Crippen LogP contribution in [0.25, 0.3) is 0 Å². The quantitative estimate of drug-likeness (QED) is 0.922. The first-order chi connectivity index (χ1) is 10.1. The van der Waals surface area contributed by atoms with Crippen LogP contribution in [-0.4, -0.2) is 12.5 Å². The summed E-state index contributed by atoms with van der Waals surface area (Å²) in [4.78, 5) is 5.83. The maximum Gasteiger partial charge on any atom is 0.196 e. The fourth-order valence-corrected chi connectivity index (χ4v) is 2.64. The smallest absolute Gasteiger partial charge is 0.196 e. The van der Waals surface area contributed by atoms with Gasteiger partial charge in [0.15, 0.2) is 5.96 Å². The lowest BCUT2D eigenvalue weighted by Gasteiger charge is -2.27. The predicted molar refractivity (Wildman–Crippen MR) is 79.2 cm³/mol. The number of benzene rings is 2. The van der Waals surface area contributed by atoms with E-state index >= 15 is 0 Å². The van der Waals surface area contributed by atoms with Gasteiger partial charge in [0, 0.05) is 11.3 Å². The van der Waals surface area contributed by atoms with Crippen LogP contribution in [0.15, 0.2) is 47.5 Å². The fraction of sp³-hybridized carbons (Fsp3) is 0.188. The Labute approximate surface area is 121 Å². The van der Waals surface area contributed by atoms with Crippen LogP contribution in [0.3, 0.4) is 0 Å². The Morgan fingerprint density at radius 1 is 1.14 bits per heavy atom. The summed E-state index contributed by atoms with van der Waals surface area (Å²) in [6.45, 7) is 2.18. The van der Waals surface area contributed by atoms with Crippen LogP contribution in [0.1, 0.15) is 17.2 Å². The third-order valence-corrected chi connectivity index (χ3v) is 3.60. The maximum atomic E-state index is 14.0. The van der Waals surface area contributed by atoms with E-state index in [1.807, 2.05) is 31.2 Å². The molecule has 1 unspecified atom stereocenters. The van der Waals surface area contributed by atoms with Crippen LogP contribution >= 0.6 is 0 Å². The van der Waals surface area contributed by atoms with Gasteiger partial charge in [-0.1, -0.05) is 18.2 Å². The van der Waals surface area contributed by atoms with Crippen molar-refractivity contribution in [1.29, 1.82) is 0 Å². The van der Waals surface area contributed by atoms with Crippen LogP contribution < -0.4 is 10.6 Å². The first kappa shape index (κ1) is 13.5. The molecule has 21 heavy (non-hydrogen) atoms. The molecule has 0 radical (unpaired) electrons. The molecule has 0 spiro atoms. The number of nitrogens with zero attached hydrogens (tertiary/aromatic N) is 2. The second-order valence-electron chi connectivity index (χ2n) is 5.06. The summed E-state index contributed by atoms with van der Waals surface area (Å²) in [6.07, 6.45) is 0. The second-order valence-corrected chi connectivity index (χ2v) is 5.06. The number of hydrogen-bond donors (Lipinski definition) is 1. The Morgan fingerprint density at radius 3 is 2.48 bits per heavy atom. The Balaban J connectivity index is 2.07. The van der Waals surface area contributed by atoms with Gasteiger partial charge in [-0.2, -0.15) is 0 Å². The molecule has 0 saturated carbocycles. The van der Waals surface area contributed by atoms with Crippen molar-refractivity contribution < 1.29 is 8.78 Å². The molecule has 0 aliphatic carbocycles. The van der Waals surface area contributed by atoms with Crippen LogP contribution in [0.2, 0.25) is 0 Å². The van der Waals surface area contributed by atoms with Crippen molar-refractivity contribution in [3.63, 3.8) is 0 Å². The van der Waals surface area contributed by atoms with E-state index in [2.05, 4.69) is 4.99 Å². The van der Waals surface area contributed by atoms with Crippen molar-refractivity contribution >= 4 is 11.6 Å². The monoisotopic (exact) mass is 287 g/mol. The largest absolute Gasteiger partial charge is 0.369 e. The minimum atomic E-state index is -0.581. The molecule has 2 aromatic rings. The van der Waals surface area contributed by atoms with Crippen LogP contribution in [0.5, 0.6) is 0 Å². The minimum absolute atomic E-state index is 0.00297. The van der Waals surface area contributed by atoms with Gasteiger partial charge >= 0.3 is 0 Å².